The summed E-state index contributed by atoms with van der Waals surface area (Å²) in [7, 11) is 4.69. The van der Waals surface area contributed by atoms with Crippen LogP contribution in [0.15, 0.2) is 42.0 Å². The molecule has 2 aromatic carbocycles. The van der Waals surface area contributed by atoms with Gasteiger partial charge in [0.1, 0.15) is 18.1 Å². The Labute approximate surface area is 140 Å². The Morgan fingerprint density at radius 1 is 0.958 bits per heavy atom. The lowest BCUT2D eigenvalue weighted by atomic mass is 9.98. The average Bonchev–Trinajstić information content (AvgIpc) is 2.63. The molecule has 0 aliphatic carbocycles. The highest BCUT2D eigenvalue weighted by Crippen LogP contribution is 2.36. The summed E-state index contributed by atoms with van der Waals surface area (Å²) in [5.74, 6) is 2.28. The lowest BCUT2D eigenvalue weighted by Crippen LogP contribution is -2.18. The molecule has 0 saturated carbocycles. The first-order chi connectivity index (χ1) is 11.7. The van der Waals surface area contributed by atoms with E-state index in [-0.39, 0.29) is 12.4 Å². The topological polar surface area (TPSA) is 54.0 Å². The molecular weight excluding hydrogens is 308 g/mol. The minimum atomic E-state index is -0.0475. The van der Waals surface area contributed by atoms with E-state index in [1.807, 2.05) is 12.1 Å². The predicted octanol–water partition coefficient (Wildman–Crippen LogP) is 3.37. The predicted molar refractivity (Wildman–Crippen MR) is 90.3 cm³/mol. The molecule has 124 valence electrons. The number of methoxy groups -OCH3 is 3. The van der Waals surface area contributed by atoms with Crippen molar-refractivity contribution in [2.75, 3.05) is 27.9 Å². The van der Waals surface area contributed by atoms with E-state index in [0.29, 0.717) is 34.1 Å². The Hall–Kier alpha value is -2.95. The van der Waals surface area contributed by atoms with Crippen LogP contribution in [0.4, 0.5) is 0 Å². The normalized spacial score (nSPS) is 14.8. The van der Waals surface area contributed by atoms with Crippen LogP contribution in [-0.2, 0) is 0 Å². The molecule has 5 nitrogen and oxygen atoms in total. The Bertz CT molecular complexity index is 807. The van der Waals surface area contributed by atoms with E-state index in [1.54, 1.807) is 51.7 Å². The minimum absolute atomic E-state index is 0.0475. The van der Waals surface area contributed by atoms with Crippen molar-refractivity contribution in [3.63, 3.8) is 0 Å². The number of benzene rings is 2. The lowest BCUT2D eigenvalue weighted by Gasteiger charge is -2.19. The maximum Gasteiger partial charge on any atom is 0.196 e. The molecule has 0 bridgehead atoms. The molecule has 0 fully saturated rings. The Morgan fingerprint density at radius 2 is 1.62 bits per heavy atom. The van der Waals surface area contributed by atoms with Gasteiger partial charge >= 0.3 is 0 Å². The van der Waals surface area contributed by atoms with Gasteiger partial charge in [0.15, 0.2) is 17.3 Å². The highest BCUT2D eigenvalue weighted by molar-refractivity contribution is 6.14. The highest BCUT2D eigenvalue weighted by atomic mass is 16.5. The third-order valence-electron chi connectivity index (χ3n) is 3.87. The lowest BCUT2D eigenvalue weighted by molar-refractivity contribution is 0.100. The highest BCUT2D eigenvalue weighted by Gasteiger charge is 2.23. The van der Waals surface area contributed by atoms with Gasteiger partial charge in [-0.2, -0.15) is 0 Å². The van der Waals surface area contributed by atoms with Crippen LogP contribution in [0.5, 0.6) is 23.0 Å². The number of rotatable bonds is 4. The van der Waals surface area contributed by atoms with Gasteiger partial charge in [-0.1, -0.05) is 12.1 Å². The Morgan fingerprint density at radius 3 is 2.33 bits per heavy atom. The molecule has 24 heavy (non-hydrogen) atoms. The van der Waals surface area contributed by atoms with E-state index in [2.05, 4.69) is 0 Å². The molecule has 0 atom stereocenters. The van der Waals surface area contributed by atoms with Crippen LogP contribution in [0.25, 0.3) is 6.08 Å². The number of hydrogen-bond donors (Lipinski definition) is 0. The van der Waals surface area contributed by atoms with Crippen LogP contribution in [0.2, 0.25) is 0 Å². The van der Waals surface area contributed by atoms with Crippen molar-refractivity contribution >= 4 is 11.9 Å². The number of ketones is 1. The van der Waals surface area contributed by atoms with E-state index >= 15 is 0 Å². The fourth-order valence-electron chi connectivity index (χ4n) is 2.63. The third kappa shape index (κ3) is 2.80. The first-order valence-corrected chi connectivity index (χ1v) is 7.45. The number of fused-ring (bicyclic) bond motifs is 1. The molecule has 0 saturated heterocycles. The van der Waals surface area contributed by atoms with Gasteiger partial charge in [-0.05, 0) is 24.3 Å². The molecule has 1 aliphatic heterocycles. The van der Waals surface area contributed by atoms with Gasteiger partial charge in [-0.15, -0.1) is 0 Å². The first-order valence-electron chi connectivity index (χ1n) is 7.45. The zero-order valence-electron chi connectivity index (χ0n) is 13.8. The maximum absolute atomic E-state index is 12.7. The summed E-state index contributed by atoms with van der Waals surface area (Å²) in [5, 5.41) is 0. The number of para-hydroxylation sites is 1. The smallest absolute Gasteiger partial charge is 0.196 e. The van der Waals surface area contributed by atoms with Gasteiger partial charge in [0, 0.05) is 17.2 Å². The molecule has 0 unspecified atom stereocenters. The monoisotopic (exact) mass is 326 g/mol. The van der Waals surface area contributed by atoms with Crippen LogP contribution < -0.4 is 18.9 Å². The van der Waals surface area contributed by atoms with E-state index in [1.165, 1.54) is 0 Å². The largest absolute Gasteiger partial charge is 0.496 e. The number of hydrogen-bond acceptors (Lipinski definition) is 5. The molecule has 0 aromatic heterocycles. The third-order valence-corrected chi connectivity index (χ3v) is 3.87. The van der Waals surface area contributed by atoms with Gasteiger partial charge in [-0.25, -0.2) is 0 Å². The Balaban J connectivity index is 2.04. The quantitative estimate of drug-likeness (QED) is 0.806. The molecule has 0 spiro atoms. The zero-order chi connectivity index (χ0) is 17.1. The van der Waals surface area contributed by atoms with E-state index in [0.717, 1.165) is 5.56 Å². The van der Waals surface area contributed by atoms with Gasteiger partial charge in [-0.3, -0.25) is 4.79 Å². The number of carbonyl (C=O) groups is 1. The summed E-state index contributed by atoms with van der Waals surface area (Å²) < 4.78 is 21.7. The summed E-state index contributed by atoms with van der Waals surface area (Å²) in [5.41, 5.74) is 1.84. The Kier molecular flexibility index (Phi) is 4.42. The number of carbonyl (C=O) groups excluding carboxylic acids is 1. The molecule has 5 heteroatoms. The van der Waals surface area contributed by atoms with Gasteiger partial charge in [0.2, 0.25) is 0 Å². The summed E-state index contributed by atoms with van der Waals surface area (Å²) in [6.45, 7) is 0.216. The summed E-state index contributed by atoms with van der Waals surface area (Å²) >= 11 is 0. The first kappa shape index (κ1) is 15.9. The second-order valence-corrected chi connectivity index (χ2v) is 5.23. The van der Waals surface area contributed by atoms with Crippen molar-refractivity contribution in [3.8, 4) is 23.0 Å². The van der Waals surface area contributed by atoms with Crippen LogP contribution in [-0.4, -0.2) is 33.7 Å². The number of Topliss-reactive ketones (excluding diaryl/α,β-unsaturated/α-hetero) is 1. The van der Waals surface area contributed by atoms with Crippen molar-refractivity contribution < 1.29 is 23.7 Å². The van der Waals surface area contributed by atoms with Crippen molar-refractivity contribution in [1.82, 2.24) is 0 Å². The standard InChI is InChI=1S/C19H18O5/c1-21-16-10-18(23-3)17(22-2)9-12(16)8-13-11-24-15-7-5-4-6-14(15)19(13)20/h4-10H,11H2,1-3H3. The molecule has 0 radical (unpaired) electrons. The number of ether oxygens (including phenoxy) is 4. The molecule has 1 aliphatic rings. The average molecular weight is 326 g/mol. The van der Waals surface area contributed by atoms with Crippen molar-refractivity contribution in [3.05, 3.63) is 53.1 Å². The molecule has 2 aromatic rings. The summed E-state index contributed by atoms with van der Waals surface area (Å²) in [6, 6.07) is 10.7. The molecule has 1 heterocycles. The van der Waals surface area contributed by atoms with Crippen LogP contribution in [0, 0.1) is 0 Å². The zero-order valence-corrected chi connectivity index (χ0v) is 13.8. The van der Waals surface area contributed by atoms with Crippen molar-refractivity contribution in [2.45, 2.75) is 0 Å². The molecule has 3 rings (SSSR count). The summed E-state index contributed by atoms with van der Waals surface area (Å²) in [4.78, 5) is 12.7. The minimum Gasteiger partial charge on any atom is -0.496 e. The van der Waals surface area contributed by atoms with Gasteiger partial charge < -0.3 is 18.9 Å². The van der Waals surface area contributed by atoms with E-state index < -0.39 is 0 Å². The fraction of sp³-hybridized carbons (Fsp3) is 0.211. The second-order valence-electron chi connectivity index (χ2n) is 5.23. The van der Waals surface area contributed by atoms with Gasteiger partial charge in [0.05, 0.1) is 26.9 Å². The van der Waals surface area contributed by atoms with Crippen LogP contribution >= 0.6 is 0 Å². The van der Waals surface area contributed by atoms with Gasteiger partial charge in [0.25, 0.3) is 0 Å². The molecular formula is C19H18O5. The second kappa shape index (κ2) is 6.66. The SMILES string of the molecule is COc1cc(OC)c(OC)cc1C=C1COc2ccccc2C1=O. The van der Waals surface area contributed by atoms with Crippen LogP contribution in [0.1, 0.15) is 15.9 Å². The maximum atomic E-state index is 12.7. The van der Waals surface area contributed by atoms with Crippen LogP contribution in [0.3, 0.4) is 0 Å². The molecule has 0 amide bonds. The van der Waals surface area contributed by atoms with E-state index in [4.69, 9.17) is 18.9 Å². The van der Waals surface area contributed by atoms with Crippen molar-refractivity contribution in [1.29, 1.82) is 0 Å². The fourth-order valence-corrected chi connectivity index (χ4v) is 2.63. The van der Waals surface area contributed by atoms with E-state index in [9.17, 15) is 4.79 Å². The van der Waals surface area contributed by atoms with Crippen molar-refractivity contribution in [2.24, 2.45) is 0 Å². The summed E-state index contributed by atoms with van der Waals surface area (Å²) in [6.07, 6.45) is 1.76. The molecule has 0 N–H and O–H groups in total.